The van der Waals surface area contributed by atoms with E-state index in [9.17, 15) is 13.6 Å². The molecule has 0 spiro atoms. The number of carbonyl (C=O) groups is 1. The molecule has 2 saturated carbocycles. The van der Waals surface area contributed by atoms with Crippen LogP contribution < -0.4 is 10.6 Å². The lowest BCUT2D eigenvalue weighted by atomic mass is 10.0. The predicted molar refractivity (Wildman–Crippen MR) is 100 cm³/mol. The predicted octanol–water partition coefficient (Wildman–Crippen LogP) is 4.90. The Morgan fingerprint density at radius 2 is 1.93 bits per heavy atom. The van der Waals surface area contributed by atoms with Crippen molar-refractivity contribution < 1.29 is 13.6 Å². The van der Waals surface area contributed by atoms with Gasteiger partial charge in [0.15, 0.2) is 11.6 Å². The molecule has 2 aliphatic carbocycles. The maximum atomic E-state index is 13.9. The molecular formula is C21H23F2N3O. The third-order valence-corrected chi connectivity index (χ3v) is 5.44. The van der Waals surface area contributed by atoms with Gasteiger partial charge >= 0.3 is 0 Å². The van der Waals surface area contributed by atoms with Crippen molar-refractivity contribution in [2.24, 2.45) is 5.92 Å². The lowest BCUT2D eigenvalue weighted by Gasteiger charge is -2.14. The summed E-state index contributed by atoms with van der Waals surface area (Å²) in [6, 6.07) is 5.75. The summed E-state index contributed by atoms with van der Waals surface area (Å²) in [6.45, 7) is 0.706. The second-order valence-electron chi connectivity index (χ2n) is 7.52. The molecule has 1 aromatic carbocycles. The number of benzene rings is 1. The molecule has 0 unspecified atom stereocenters. The van der Waals surface area contributed by atoms with Gasteiger partial charge in [0, 0.05) is 12.7 Å². The van der Waals surface area contributed by atoms with E-state index in [1.54, 1.807) is 6.07 Å². The maximum absolute atomic E-state index is 13.9. The maximum Gasteiger partial charge on any atom is 0.253 e. The first-order valence-electron chi connectivity index (χ1n) is 9.61. The van der Waals surface area contributed by atoms with Crippen LogP contribution in [-0.4, -0.2) is 17.4 Å². The Hall–Kier alpha value is -2.50. The molecule has 0 radical (unpaired) electrons. The van der Waals surface area contributed by atoms with E-state index in [4.69, 9.17) is 0 Å². The Balaban J connectivity index is 1.51. The zero-order chi connectivity index (χ0) is 18.8. The minimum absolute atomic E-state index is 0.0303. The highest BCUT2D eigenvalue weighted by Gasteiger charge is 2.29. The first-order chi connectivity index (χ1) is 13.1. The largest absolute Gasteiger partial charge is 0.352 e. The topological polar surface area (TPSA) is 54.0 Å². The number of amides is 1. The van der Waals surface area contributed by atoms with Gasteiger partial charge in [0.05, 0.1) is 11.3 Å². The standard InChI is InChI=1S/C21H23F2N3O/c22-17-6-3-7-18(20(17)23)26-19-10-15(14-8-9-14)16(12-24-19)21(27)25-11-13-4-1-2-5-13/h3,6-7,10,12-14H,1-2,4-5,8-9,11H2,(H,24,26)(H,25,27). The molecule has 27 heavy (non-hydrogen) atoms. The fourth-order valence-corrected chi connectivity index (χ4v) is 3.75. The zero-order valence-corrected chi connectivity index (χ0v) is 15.1. The third-order valence-electron chi connectivity index (χ3n) is 5.44. The van der Waals surface area contributed by atoms with Gasteiger partial charge in [-0.05, 0) is 61.3 Å². The summed E-state index contributed by atoms with van der Waals surface area (Å²) in [6.07, 6.45) is 8.43. The number of aromatic nitrogens is 1. The fourth-order valence-electron chi connectivity index (χ4n) is 3.75. The highest BCUT2D eigenvalue weighted by Crippen LogP contribution is 2.42. The number of rotatable bonds is 6. The van der Waals surface area contributed by atoms with Gasteiger partial charge in [-0.15, -0.1) is 0 Å². The van der Waals surface area contributed by atoms with Crippen molar-refractivity contribution in [3.05, 3.63) is 53.2 Å². The number of hydrogen-bond donors (Lipinski definition) is 2. The Bertz CT molecular complexity index is 845. The Morgan fingerprint density at radius 3 is 2.67 bits per heavy atom. The molecule has 0 atom stereocenters. The molecule has 2 fully saturated rings. The first-order valence-corrected chi connectivity index (χ1v) is 9.61. The van der Waals surface area contributed by atoms with Crippen molar-refractivity contribution >= 4 is 17.4 Å². The van der Waals surface area contributed by atoms with Crippen molar-refractivity contribution in [2.75, 3.05) is 11.9 Å². The Labute approximate surface area is 157 Å². The van der Waals surface area contributed by atoms with Crippen LogP contribution in [0.5, 0.6) is 0 Å². The van der Waals surface area contributed by atoms with Crippen molar-refractivity contribution in [1.82, 2.24) is 10.3 Å². The second kappa shape index (κ2) is 7.62. The third kappa shape index (κ3) is 4.10. The molecule has 1 heterocycles. The number of anilines is 2. The van der Waals surface area contributed by atoms with E-state index in [-0.39, 0.29) is 11.6 Å². The van der Waals surface area contributed by atoms with E-state index < -0.39 is 11.6 Å². The first kappa shape index (κ1) is 17.9. The number of pyridine rings is 1. The lowest BCUT2D eigenvalue weighted by molar-refractivity contribution is 0.0946. The molecule has 2 aliphatic rings. The Morgan fingerprint density at radius 1 is 1.15 bits per heavy atom. The van der Waals surface area contributed by atoms with Crippen LogP contribution in [0.3, 0.4) is 0 Å². The van der Waals surface area contributed by atoms with Gasteiger partial charge in [-0.1, -0.05) is 18.9 Å². The number of nitrogens with zero attached hydrogens (tertiary/aromatic N) is 1. The number of carbonyl (C=O) groups excluding carboxylic acids is 1. The van der Waals surface area contributed by atoms with Gasteiger partial charge in [-0.2, -0.15) is 0 Å². The lowest BCUT2D eigenvalue weighted by Crippen LogP contribution is -2.29. The highest BCUT2D eigenvalue weighted by atomic mass is 19.2. The van der Waals surface area contributed by atoms with Crippen molar-refractivity contribution in [3.8, 4) is 0 Å². The Kier molecular flexibility index (Phi) is 5.05. The minimum atomic E-state index is -0.939. The van der Waals surface area contributed by atoms with Crippen molar-refractivity contribution in [1.29, 1.82) is 0 Å². The molecule has 0 aliphatic heterocycles. The highest BCUT2D eigenvalue weighted by molar-refractivity contribution is 5.96. The molecule has 2 aromatic rings. The van der Waals surface area contributed by atoms with Gasteiger partial charge in [-0.25, -0.2) is 13.8 Å². The van der Waals surface area contributed by atoms with Gasteiger partial charge in [-0.3, -0.25) is 4.79 Å². The smallest absolute Gasteiger partial charge is 0.253 e. The van der Waals surface area contributed by atoms with Crippen LogP contribution in [-0.2, 0) is 0 Å². The molecule has 4 nitrogen and oxygen atoms in total. The van der Waals surface area contributed by atoms with E-state index in [1.807, 2.05) is 0 Å². The zero-order valence-electron chi connectivity index (χ0n) is 15.1. The van der Waals surface area contributed by atoms with E-state index in [2.05, 4.69) is 15.6 Å². The average molecular weight is 371 g/mol. The summed E-state index contributed by atoms with van der Waals surface area (Å²) < 4.78 is 27.3. The van der Waals surface area contributed by atoms with Gasteiger partial charge in [0.2, 0.25) is 0 Å². The molecular weight excluding hydrogens is 348 g/mol. The monoisotopic (exact) mass is 371 g/mol. The van der Waals surface area contributed by atoms with Crippen LogP contribution in [0.2, 0.25) is 0 Å². The van der Waals surface area contributed by atoms with Gasteiger partial charge < -0.3 is 10.6 Å². The number of halogens is 2. The SMILES string of the molecule is O=C(NCC1CCCC1)c1cnc(Nc2cccc(F)c2F)cc1C1CC1. The summed E-state index contributed by atoms with van der Waals surface area (Å²) in [7, 11) is 0. The van der Waals surface area contributed by atoms with Crippen LogP contribution in [0.15, 0.2) is 30.5 Å². The average Bonchev–Trinajstić information content (AvgIpc) is 3.39. The van der Waals surface area contributed by atoms with Crippen molar-refractivity contribution in [3.63, 3.8) is 0 Å². The summed E-state index contributed by atoms with van der Waals surface area (Å²) in [5.74, 6) is -0.633. The van der Waals surface area contributed by atoms with Gasteiger partial charge in [0.25, 0.3) is 5.91 Å². The summed E-state index contributed by atoms with van der Waals surface area (Å²) >= 11 is 0. The van der Waals surface area contributed by atoms with Crippen LogP contribution >= 0.6 is 0 Å². The van der Waals surface area contributed by atoms with Crippen LogP contribution in [0.4, 0.5) is 20.3 Å². The van der Waals surface area contributed by atoms with Crippen LogP contribution in [0, 0.1) is 17.6 Å². The molecule has 0 bridgehead atoms. The molecule has 142 valence electrons. The molecule has 0 saturated heterocycles. The number of nitrogens with one attached hydrogen (secondary N) is 2. The van der Waals surface area contributed by atoms with Crippen LogP contribution in [0.25, 0.3) is 0 Å². The minimum Gasteiger partial charge on any atom is -0.352 e. The number of hydrogen-bond acceptors (Lipinski definition) is 3. The quantitative estimate of drug-likeness (QED) is 0.759. The normalized spacial score (nSPS) is 17.1. The summed E-state index contributed by atoms with van der Waals surface area (Å²) in [4.78, 5) is 16.9. The molecule has 1 aromatic heterocycles. The van der Waals surface area contributed by atoms with E-state index in [0.29, 0.717) is 29.8 Å². The van der Waals surface area contributed by atoms with Crippen molar-refractivity contribution in [2.45, 2.75) is 44.4 Å². The fraction of sp³-hybridized carbons (Fsp3) is 0.429. The second-order valence-corrected chi connectivity index (χ2v) is 7.52. The molecule has 4 rings (SSSR count). The molecule has 2 N–H and O–H groups in total. The van der Waals surface area contributed by atoms with E-state index >= 15 is 0 Å². The summed E-state index contributed by atoms with van der Waals surface area (Å²) in [5, 5.41) is 5.86. The van der Waals surface area contributed by atoms with Gasteiger partial charge in [0.1, 0.15) is 5.82 Å². The molecule has 6 heteroatoms. The molecule has 1 amide bonds. The van der Waals surface area contributed by atoms with E-state index in [1.165, 1.54) is 44.0 Å². The summed E-state index contributed by atoms with van der Waals surface area (Å²) in [5.41, 5.74) is 1.54. The van der Waals surface area contributed by atoms with Crippen LogP contribution in [0.1, 0.15) is 60.4 Å². The van der Waals surface area contributed by atoms with E-state index in [0.717, 1.165) is 24.5 Å².